The summed E-state index contributed by atoms with van der Waals surface area (Å²) in [4.78, 5) is -0.888. The molecule has 10 nitrogen and oxygen atoms in total. The Bertz CT molecular complexity index is 1730. The Morgan fingerprint density at radius 2 is 1.00 bits per heavy atom. The van der Waals surface area contributed by atoms with Crippen LogP contribution in [0.3, 0.4) is 0 Å². The van der Waals surface area contributed by atoms with Crippen molar-refractivity contribution in [3.63, 3.8) is 0 Å². The van der Waals surface area contributed by atoms with Crippen LogP contribution in [0.5, 0.6) is 11.5 Å². The molecule has 0 aliphatic heterocycles. The molecule has 45 heavy (non-hydrogen) atoms. The minimum absolute atomic E-state index is 0.0100. The van der Waals surface area contributed by atoms with Gasteiger partial charge in [0.2, 0.25) is 0 Å². The minimum Gasteiger partial charge on any atom is -0.492 e. The molecule has 0 spiro atoms. The highest BCUT2D eigenvalue weighted by molar-refractivity contribution is 7.86. The normalized spacial score (nSPS) is 14.0. The second kappa shape index (κ2) is 13.7. The van der Waals surface area contributed by atoms with E-state index in [1.54, 1.807) is 0 Å². The molecule has 0 fully saturated rings. The van der Waals surface area contributed by atoms with Gasteiger partial charge in [-0.2, -0.15) is 16.8 Å². The molecule has 0 amide bonds. The SMILES string of the molecule is NCC(CCOc1cc2c(cc1S(=O)(=O)O)-c1cc(S(=O)(=O)O)c(OCCC(CN)c3ccccc3)cc1C2)c1ccccc1. The van der Waals surface area contributed by atoms with Gasteiger partial charge in [0, 0.05) is 0 Å². The van der Waals surface area contributed by atoms with E-state index in [0.29, 0.717) is 54.6 Å². The fourth-order valence-electron chi connectivity index (χ4n) is 5.75. The van der Waals surface area contributed by atoms with Gasteiger partial charge in [-0.05, 0) is 102 Å². The number of benzene rings is 4. The fraction of sp³-hybridized carbons (Fsp3) is 0.273. The number of rotatable bonds is 14. The van der Waals surface area contributed by atoms with E-state index >= 15 is 0 Å². The zero-order valence-electron chi connectivity index (χ0n) is 24.5. The van der Waals surface area contributed by atoms with Gasteiger partial charge in [0.05, 0.1) is 13.2 Å². The molecule has 6 N–H and O–H groups in total. The molecule has 0 radical (unpaired) electrons. The van der Waals surface area contributed by atoms with Crippen molar-refractivity contribution in [2.75, 3.05) is 26.3 Å². The van der Waals surface area contributed by atoms with Crippen molar-refractivity contribution in [3.8, 4) is 22.6 Å². The maximum absolute atomic E-state index is 12.4. The van der Waals surface area contributed by atoms with E-state index in [1.807, 2.05) is 60.7 Å². The first kappa shape index (κ1) is 32.6. The lowest BCUT2D eigenvalue weighted by atomic mass is 9.96. The van der Waals surface area contributed by atoms with Crippen molar-refractivity contribution in [1.29, 1.82) is 0 Å². The monoisotopic (exact) mass is 652 g/mol. The lowest BCUT2D eigenvalue weighted by molar-refractivity contribution is 0.290. The Kier molecular flexibility index (Phi) is 9.92. The molecule has 12 heteroatoms. The molecule has 238 valence electrons. The van der Waals surface area contributed by atoms with Crippen molar-refractivity contribution >= 4 is 20.2 Å². The van der Waals surface area contributed by atoms with Crippen LogP contribution in [0.1, 0.15) is 46.9 Å². The molecule has 4 aromatic carbocycles. The van der Waals surface area contributed by atoms with E-state index in [0.717, 1.165) is 11.1 Å². The van der Waals surface area contributed by atoms with Gasteiger partial charge in [-0.25, -0.2) is 0 Å². The minimum atomic E-state index is -4.71. The topological polar surface area (TPSA) is 179 Å². The molecule has 0 saturated heterocycles. The summed E-state index contributed by atoms with van der Waals surface area (Å²) in [6.45, 7) is 1.03. The number of ether oxygens (including phenoxy) is 2. The highest BCUT2D eigenvalue weighted by atomic mass is 32.2. The summed E-state index contributed by atoms with van der Waals surface area (Å²) in [5, 5.41) is 0. The summed E-state index contributed by atoms with van der Waals surface area (Å²) in [5.74, 6) is -0.0606. The van der Waals surface area contributed by atoms with Crippen LogP contribution < -0.4 is 20.9 Å². The van der Waals surface area contributed by atoms with Gasteiger partial charge in [0.15, 0.2) is 0 Å². The average Bonchev–Trinajstić information content (AvgIpc) is 3.37. The predicted molar refractivity (Wildman–Crippen MR) is 171 cm³/mol. The van der Waals surface area contributed by atoms with Crippen LogP contribution in [0.15, 0.2) is 94.7 Å². The summed E-state index contributed by atoms with van der Waals surface area (Å²) in [5.41, 5.74) is 16.1. The Labute approximate surface area is 263 Å². The van der Waals surface area contributed by atoms with Crippen LogP contribution in [0.4, 0.5) is 0 Å². The lowest BCUT2D eigenvalue weighted by Gasteiger charge is -2.17. The van der Waals surface area contributed by atoms with E-state index in [1.165, 1.54) is 24.3 Å². The molecule has 0 heterocycles. The third-order valence-corrected chi connectivity index (χ3v) is 9.87. The summed E-state index contributed by atoms with van der Waals surface area (Å²) < 4.78 is 81.6. The van der Waals surface area contributed by atoms with E-state index in [2.05, 4.69) is 0 Å². The standard InChI is InChI=1S/C33H36N2O8S2/c34-20-24(22-7-3-1-4-8-22)11-13-42-30-16-26-15-27-17-31(43-14-12-25(21-35)23-9-5-2-6-10-23)33(45(39,40)41)19-29(27)28(26)18-32(30)44(36,37)38/h1-10,16-19,24-25H,11-15,20-21,34-35H2,(H,36,37,38)(H,39,40,41). The Morgan fingerprint density at radius 1 is 0.622 bits per heavy atom. The second-order valence-electron chi connectivity index (χ2n) is 11.0. The summed E-state index contributed by atoms with van der Waals surface area (Å²) in [6, 6.07) is 25.0. The van der Waals surface area contributed by atoms with Gasteiger partial charge in [0.1, 0.15) is 21.3 Å². The van der Waals surface area contributed by atoms with E-state index in [9.17, 15) is 25.9 Å². The van der Waals surface area contributed by atoms with Gasteiger partial charge in [0.25, 0.3) is 20.2 Å². The van der Waals surface area contributed by atoms with Crippen LogP contribution in [0.25, 0.3) is 11.1 Å². The fourth-order valence-corrected chi connectivity index (χ4v) is 7.02. The molecular weight excluding hydrogens is 617 g/mol. The predicted octanol–water partition coefficient (Wildman–Crippen LogP) is 4.77. The average molecular weight is 653 g/mol. The lowest BCUT2D eigenvalue weighted by Crippen LogP contribution is -2.16. The third-order valence-electron chi connectivity index (χ3n) is 8.12. The molecule has 2 unspecified atom stereocenters. The molecule has 4 aromatic rings. The number of fused-ring (bicyclic) bond motifs is 3. The highest BCUT2D eigenvalue weighted by Gasteiger charge is 2.29. The zero-order chi connectivity index (χ0) is 32.2. The Balaban J connectivity index is 1.40. The molecule has 1 aliphatic rings. The van der Waals surface area contributed by atoms with Gasteiger partial charge in [-0.1, -0.05) is 60.7 Å². The van der Waals surface area contributed by atoms with Crippen molar-refractivity contribution < 1.29 is 35.4 Å². The molecule has 0 bridgehead atoms. The molecule has 0 aromatic heterocycles. The second-order valence-corrected chi connectivity index (χ2v) is 13.8. The van der Waals surface area contributed by atoms with Crippen LogP contribution in [0, 0.1) is 0 Å². The van der Waals surface area contributed by atoms with Gasteiger partial charge >= 0.3 is 0 Å². The van der Waals surface area contributed by atoms with Crippen LogP contribution in [-0.4, -0.2) is 52.2 Å². The maximum Gasteiger partial charge on any atom is 0.298 e. The van der Waals surface area contributed by atoms with Gasteiger partial charge in [-0.15, -0.1) is 0 Å². The number of hydrogen-bond acceptors (Lipinski definition) is 8. The number of nitrogens with two attached hydrogens (primary N) is 2. The Hall–Kier alpha value is -3.78. The molecule has 5 rings (SSSR count). The summed E-state index contributed by atoms with van der Waals surface area (Å²) in [7, 11) is -9.42. The third kappa shape index (κ3) is 7.55. The van der Waals surface area contributed by atoms with E-state index < -0.39 is 30.0 Å². The molecule has 1 aliphatic carbocycles. The molecule has 2 atom stereocenters. The summed E-state index contributed by atoms with van der Waals surface area (Å²) in [6.07, 6.45) is 1.34. The van der Waals surface area contributed by atoms with Gasteiger partial charge < -0.3 is 20.9 Å². The first-order valence-corrected chi connectivity index (χ1v) is 17.4. The van der Waals surface area contributed by atoms with Crippen LogP contribution in [-0.2, 0) is 26.7 Å². The smallest absolute Gasteiger partial charge is 0.298 e. The Morgan fingerprint density at radius 3 is 1.33 bits per heavy atom. The van der Waals surface area contributed by atoms with Crippen molar-refractivity contribution in [2.24, 2.45) is 11.5 Å². The molecule has 0 saturated carbocycles. The van der Waals surface area contributed by atoms with Gasteiger partial charge in [-0.3, -0.25) is 9.11 Å². The zero-order valence-corrected chi connectivity index (χ0v) is 26.1. The largest absolute Gasteiger partial charge is 0.492 e. The van der Waals surface area contributed by atoms with Crippen LogP contribution >= 0.6 is 0 Å². The van der Waals surface area contributed by atoms with Crippen LogP contribution in [0.2, 0.25) is 0 Å². The number of hydrogen-bond donors (Lipinski definition) is 4. The van der Waals surface area contributed by atoms with Crippen molar-refractivity contribution in [2.45, 2.75) is 40.9 Å². The first-order valence-electron chi connectivity index (χ1n) is 14.5. The van der Waals surface area contributed by atoms with Crippen molar-refractivity contribution in [1.82, 2.24) is 0 Å². The quantitative estimate of drug-likeness (QED) is 0.122. The maximum atomic E-state index is 12.4. The van der Waals surface area contributed by atoms with E-state index in [-0.39, 0.29) is 36.5 Å². The van der Waals surface area contributed by atoms with Crippen molar-refractivity contribution in [3.05, 3.63) is 107 Å². The highest BCUT2D eigenvalue weighted by Crippen LogP contribution is 2.44. The summed E-state index contributed by atoms with van der Waals surface area (Å²) >= 11 is 0. The molecular formula is C33H36N2O8S2. The van der Waals surface area contributed by atoms with E-state index in [4.69, 9.17) is 20.9 Å². The first-order chi connectivity index (χ1) is 21.5.